The number of halogens is 7. The van der Waals surface area contributed by atoms with Crippen LogP contribution in [0.5, 0.6) is 11.9 Å². The van der Waals surface area contributed by atoms with Crippen molar-refractivity contribution in [3.05, 3.63) is 46.9 Å². The van der Waals surface area contributed by atoms with E-state index in [-0.39, 0.29) is 61.6 Å². The molecule has 3 aliphatic rings. The molecule has 6 heterocycles. The van der Waals surface area contributed by atoms with Gasteiger partial charge in [-0.3, -0.25) is 4.90 Å². The molecular formula is C32H32F7N9O2. The van der Waals surface area contributed by atoms with E-state index >= 15 is 8.78 Å². The number of nitrogens with two attached hydrogens (primary N) is 2. The number of nitrogen functional groups attached to an aromatic ring is 2. The zero-order chi connectivity index (χ0) is 35.7. The molecule has 7 rings (SSSR count). The van der Waals surface area contributed by atoms with Gasteiger partial charge in [0.25, 0.3) is 0 Å². The summed E-state index contributed by atoms with van der Waals surface area (Å²) in [6.45, 7) is 1.73. The summed E-state index contributed by atoms with van der Waals surface area (Å²) in [4.78, 5) is 24.7. The molecule has 0 radical (unpaired) electrons. The molecule has 3 aliphatic heterocycles. The fourth-order valence-corrected chi connectivity index (χ4v) is 7.53. The van der Waals surface area contributed by atoms with Gasteiger partial charge in [-0.25, -0.2) is 32.5 Å². The van der Waals surface area contributed by atoms with Crippen LogP contribution in [-0.4, -0.2) is 80.6 Å². The first kappa shape index (κ1) is 33.7. The SMILES string of the molecule is Cc1c(F)c(N)cc(-c2nc3c4c(nc(OC[C@@]56CCCN5C[C@](F)(CF)C6)nc4c2F)N([C@H](C)c2cncnc2N)CCO3)c1C(F)(F)F. The molecule has 266 valence electrons. The molecule has 0 bridgehead atoms. The average Bonchev–Trinajstić information content (AvgIpc) is 3.50. The van der Waals surface area contributed by atoms with E-state index in [0.717, 1.165) is 6.92 Å². The second-order valence-corrected chi connectivity index (χ2v) is 13.0. The molecule has 4 N–H and O–H groups in total. The number of nitrogens with zero attached hydrogens (tertiary/aromatic N) is 7. The normalized spacial score (nSPS) is 22.8. The third kappa shape index (κ3) is 5.43. The van der Waals surface area contributed by atoms with Crippen molar-refractivity contribution in [2.24, 2.45) is 0 Å². The number of rotatable bonds is 7. The highest BCUT2D eigenvalue weighted by Crippen LogP contribution is 2.48. The minimum Gasteiger partial charge on any atom is -0.475 e. The van der Waals surface area contributed by atoms with Crippen LogP contribution < -0.4 is 25.8 Å². The van der Waals surface area contributed by atoms with E-state index in [2.05, 4.69) is 24.9 Å². The molecule has 0 spiro atoms. The lowest BCUT2D eigenvalue weighted by Crippen LogP contribution is -2.43. The Morgan fingerprint density at radius 3 is 2.62 bits per heavy atom. The Morgan fingerprint density at radius 1 is 1.12 bits per heavy atom. The van der Waals surface area contributed by atoms with Gasteiger partial charge in [-0.15, -0.1) is 0 Å². The molecule has 0 saturated carbocycles. The summed E-state index contributed by atoms with van der Waals surface area (Å²) in [6, 6.07) is -0.319. The third-order valence-electron chi connectivity index (χ3n) is 9.88. The first-order chi connectivity index (χ1) is 23.7. The van der Waals surface area contributed by atoms with Crippen LogP contribution in [-0.2, 0) is 6.18 Å². The Kier molecular flexibility index (Phi) is 8.06. The summed E-state index contributed by atoms with van der Waals surface area (Å²) in [5.74, 6) is -2.70. The molecule has 50 heavy (non-hydrogen) atoms. The molecule has 2 fully saturated rings. The molecule has 2 saturated heterocycles. The molecule has 4 aromatic rings. The van der Waals surface area contributed by atoms with E-state index in [4.69, 9.17) is 20.9 Å². The lowest BCUT2D eigenvalue weighted by Gasteiger charge is -2.32. The molecule has 0 aliphatic carbocycles. The molecular weight excluding hydrogens is 675 g/mol. The van der Waals surface area contributed by atoms with Crippen LogP contribution in [0, 0.1) is 18.6 Å². The summed E-state index contributed by atoms with van der Waals surface area (Å²) in [5.41, 5.74) is 4.29. The Morgan fingerprint density at radius 2 is 1.90 bits per heavy atom. The van der Waals surface area contributed by atoms with Crippen molar-refractivity contribution in [1.82, 2.24) is 29.8 Å². The molecule has 3 atom stereocenters. The van der Waals surface area contributed by atoms with E-state index < -0.39 is 75.3 Å². The van der Waals surface area contributed by atoms with E-state index in [0.29, 0.717) is 31.0 Å². The number of anilines is 3. The zero-order valence-corrected chi connectivity index (χ0v) is 26.9. The highest BCUT2D eigenvalue weighted by Gasteiger charge is 2.56. The van der Waals surface area contributed by atoms with Gasteiger partial charge in [0, 0.05) is 30.3 Å². The van der Waals surface area contributed by atoms with Crippen molar-refractivity contribution in [3.63, 3.8) is 0 Å². The number of ether oxygens (including phenoxy) is 2. The second-order valence-electron chi connectivity index (χ2n) is 13.0. The van der Waals surface area contributed by atoms with Crippen LogP contribution in [0.3, 0.4) is 0 Å². The van der Waals surface area contributed by atoms with E-state index in [1.54, 1.807) is 11.8 Å². The standard InChI is InChI=1S/C32H32F7N9O2/c1-15-21(32(37,38)39)17(8-19(40)22(15)34)24-23(35)25-20-27(48(6-7-49-28(20)44-24)16(2)18-9-42-14-43-26(18)41)46-29(45-25)50-13-31-4-3-5-47(31)12-30(36,10-31)11-33/h8-9,14,16H,3-7,10-13,40H2,1-2H3,(H2,41,42,43)/t16-,30-,31+/m1/s1. The number of aromatic nitrogens is 5. The van der Waals surface area contributed by atoms with Gasteiger partial charge in [-0.1, -0.05) is 0 Å². The van der Waals surface area contributed by atoms with Crippen molar-refractivity contribution in [1.29, 1.82) is 0 Å². The third-order valence-corrected chi connectivity index (χ3v) is 9.88. The summed E-state index contributed by atoms with van der Waals surface area (Å²) in [6.07, 6.45) is -1.28. The van der Waals surface area contributed by atoms with Crippen LogP contribution in [0.2, 0.25) is 0 Å². The van der Waals surface area contributed by atoms with Gasteiger partial charge in [0.2, 0.25) is 5.88 Å². The maximum Gasteiger partial charge on any atom is 0.417 e. The second kappa shape index (κ2) is 11.9. The Balaban J connectivity index is 1.42. The number of alkyl halides is 5. The van der Waals surface area contributed by atoms with E-state index in [9.17, 15) is 22.0 Å². The summed E-state index contributed by atoms with van der Waals surface area (Å²) in [7, 11) is 0. The van der Waals surface area contributed by atoms with Gasteiger partial charge in [-0.05, 0) is 44.9 Å². The molecule has 1 aromatic carbocycles. The quantitative estimate of drug-likeness (QED) is 0.186. The van der Waals surface area contributed by atoms with Gasteiger partial charge >= 0.3 is 12.2 Å². The largest absolute Gasteiger partial charge is 0.475 e. The van der Waals surface area contributed by atoms with E-state index in [1.165, 1.54) is 12.5 Å². The monoisotopic (exact) mass is 707 g/mol. The minimum atomic E-state index is -5.12. The predicted octanol–water partition coefficient (Wildman–Crippen LogP) is 5.51. The van der Waals surface area contributed by atoms with E-state index in [1.807, 2.05) is 4.90 Å². The fraction of sp³-hybridized carbons (Fsp3) is 0.469. The van der Waals surface area contributed by atoms with Gasteiger partial charge in [0.15, 0.2) is 11.5 Å². The van der Waals surface area contributed by atoms with Crippen LogP contribution in [0.1, 0.15) is 48.9 Å². The van der Waals surface area contributed by atoms with Gasteiger partial charge < -0.3 is 25.8 Å². The zero-order valence-electron chi connectivity index (χ0n) is 26.9. The van der Waals surface area contributed by atoms with Gasteiger partial charge in [0.1, 0.15) is 60.3 Å². The Bertz CT molecular complexity index is 2000. The molecule has 11 nitrogen and oxygen atoms in total. The topological polar surface area (TPSA) is 141 Å². The van der Waals surface area contributed by atoms with Crippen LogP contribution >= 0.6 is 0 Å². The first-order valence-electron chi connectivity index (χ1n) is 15.8. The molecule has 0 amide bonds. The summed E-state index contributed by atoms with van der Waals surface area (Å²) >= 11 is 0. The highest BCUT2D eigenvalue weighted by atomic mass is 19.4. The fourth-order valence-electron chi connectivity index (χ4n) is 7.53. The lowest BCUT2D eigenvalue weighted by atomic mass is 9.90. The maximum atomic E-state index is 16.8. The minimum absolute atomic E-state index is 0.0489. The smallest absolute Gasteiger partial charge is 0.417 e. The first-order valence-corrected chi connectivity index (χ1v) is 15.8. The summed E-state index contributed by atoms with van der Waals surface area (Å²) in [5, 5.41) is -0.0829. The average molecular weight is 708 g/mol. The highest BCUT2D eigenvalue weighted by molar-refractivity contribution is 5.97. The molecule has 0 unspecified atom stereocenters. The van der Waals surface area contributed by atoms with Crippen molar-refractivity contribution >= 4 is 28.2 Å². The van der Waals surface area contributed by atoms with Crippen molar-refractivity contribution in [2.45, 2.75) is 56.5 Å². The van der Waals surface area contributed by atoms with Gasteiger partial charge in [-0.2, -0.15) is 23.1 Å². The van der Waals surface area contributed by atoms with Crippen LogP contribution in [0.25, 0.3) is 22.2 Å². The lowest BCUT2D eigenvalue weighted by molar-refractivity contribution is -0.137. The van der Waals surface area contributed by atoms with Crippen molar-refractivity contribution in [3.8, 4) is 23.1 Å². The number of fused-ring (bicyclic) bond motifs is 1. The van der Waals surface area contributed by atoms with Gasteiger partial charge in [0.05, 0.1) is 29.4 Å². The number of hydrogen-bond donors (Lipinski definition) is 2. The van der Waals surface area contributed by atoms with Crippen LogP contribution in [0.15, 0.2) is 18.6 Å². The molecule has 3 aromatic heterocycles. The number of hydrogen-bond acceptors (Lipinski definition) is 11. The maximum absolute atomic E-state index is 16.8. The van der Waals surface area contributed by atoms with Crippen molar-refractivity contribution in [2.75, 3.05) is 55.9 Å². The van der Waals surface area contributed by atoms with Crippen LogP contribution in [0.4, 0.5) is 48.1 Å². The number of benzene rings is 1. The Hall–Kier alpha value is -4.74. The summed E-state index contributed by atoms with van der Waals surface area (Å²) < 4.78 is 116. The Labute approximate surface area is 280 Å². The van der Waals surface area contributed by atoms with Crippen molar-refractivity contribution < 1.29 is 40.2 Å². The number of pyridine rings is 1. The molecule has 18 heteroatoms. The predicted molar refractivity (Wildman–Crippen MR) is 168 cm³/mol.